The second-order valence-electron chi connectivity index (χ2n) is 10.1. The molecule has 2 saturated heterocycles. The average molecular weight is 490 g/mol. The number of carbonyl (C=O) groups excluding carboxylic acids is 1. The van der Waals surface area contributed by atoms with Crippen LogP contribution in [0.1, 0.15) is 54.1 Å². The van der Waals surface area contributed by atoms with Crippen LogP contribution in [0.5, 0.6) is 0 Å². The highest BCUT2D eigenvalue weighted by molar-refractivity contribution is 5.77. The molecule has 1 aliphatic carbocycles. The Hall–Kier alpha value is -3.87. The van der Waals surface area contributed by atoms with E-state index in [0.717, 1.165) is 67.8 Å². The van der Waals surface area contributed by atoms with Crippen LogP contribution in [0, 0.1) is 16.7 Å². The van der Waals surface area contributed by atoms with Gasteiger partial charge in [0.2, 0.25) is 11.9 Å². The van der Waals surface area contributed by atoms with Crippen molar-refractivity contribution in [3.05, 3.63) is 46.6 Å². The molecule has 36 heavy (non-hydrogen) atoms. The number of hydrogen-bond donors (Lipinski definition) is 3. The second-order valence-corrected chi connectivity index (χ2v) is 10.1. The van der Waals surface area contributed by atoms with Crippen LogP contribution in [0.2, 0.25) is 0 Å². The van der Waals surface area contributed by atoms with Crippen molar-refractivity contribution in [2.24, 2.45) is 5.41 Å². The molecule has 0 radical (unpaired) electrons. The van der Waals surface area contributed by atoms with E-state index in [0.29, 0.717) is 24.6 Å². The number of anilines is 2. The SMILES string of the molecule is CNC(=O)C[C@@H](Nc1nc(N2CCC3(CN(C(=O)O)C3)C2)nc2c1CCCC2)c1cccc(C#N)c1. The minimum atomic E-state index is -0.863. The fourth-order valence-electron chi connectivity index (χ4n) is 5.63. The molecule has 10 nitrogen and oxygen atoms in total. The number of rotatable bonds is 6. The number of nitrogens with one attached hydrogen (secondary N) is 2. The number of amides is 2. The number of benzene rings is 1. The minimum absolute atomic E-state index is 0.0231. The largest absolute Gasteiger partial charge is 0.465 e. The number of carbonyl (C=O) groups is 2. The number of nitriles is 1. The van der Waals surface area contributed by atoms with E-state index in [1.54, 1.807) is 13.1 Å². The molecule has 2 fully saturated rings. The number of carboxylic acid groups (broad SMARTS) is 1. The molecule has 3 heterocycles. The van der Waals surface area contributed by atoms with Gasteiger partial charge in [-0.1, -0.05) is 12.1 Å². The highest BCUT2D eigenvalue weighted by Crippen LogP contribution is 2.41. The molecule has 1 spiro atoms. The predicted octanol–water partition coefficient (Wildman–Crippen LogP) is 2.71. The van der Waals surface area contributed by atoms with E-state index in [9.17, 15) is 20.0 Å². The van der Waals surface area contributed by atoms with E-state index in [4.69, 9.17) is 9.97 Å². The van der Waals surface area contributed by atoms with Gasteiger partial charge in [-0.2, -0.15) is 10.2 Å². The average Bonchev–Trinajstić information content (AvgIpc) is 3.33. The number of fused-ring (bicyclic) bond motifs is 1. The first-order valence-electron chi connectivity index (χ1n) is 12.5. The third-order valence-corrected chi connectivity index (χ3v) is 7.61. The van der Waals surface area contributed by atoms with Crippen molar-refractivity contribution in [3.63, 3.8) is 0 Å². The number of aromatic nitrogens is 2. The van der Waals surface area contributed by atoms with Gasteiger partial charge in [0.15, 0.2) is 0 Å². The number of aryl methyl sites for hydroxylation is 1. The van der Waals surface area contributed by atoms with Crippen LogP contribution in [0.3, 0.4) is 0 Å². The summed E-state index contributed by atoms with van der Waals surface area (Å²) in [5, 5.41) is 24.9. The standard InChI is InChI=1S/C26H31N7O3/c1-28-22(34)12-21(18-6-4-5-17(11-18)13-27)29-23-19-7-2-3-8-20(19)30-24(31-23)32-10-9-26(14-32)15-33(16-26)25(35)36/h4-6,11,21H,2-3,7-10,12,14-16H2,1H3,(H,28,34)(H,35,36)(H,29,30,31)/t21-/m1/s1. The Morgan fingerprint density at radius 2 is 2.03 bits per heavy atom. The van der Waals surface area contributed by atoms with Gasteiger partial charge in [-0.15, -0.1) is 0 Å². The molecule has 188 valence electrons. The summed E-state index contributed by atoms with van der Waals surface area (Å²) in [4.78, 5) is 37.2. The van der Waals surface area contributed by atoms with Gasteiger partial charge in [0, 0.05) is 44.2 Å². The van der Waals surface area contributed by atoms with Crippen LogP contribution in [-0.2, 0) is 17.6 Å². The first kappa shape index (κ1) is 23.9. The zero-order valence-electron chi connectivity index (χ0n) is 20.5. The summed E-state index contributed by atoms with van der Waals surface area (Å²) in [7, 11) is 1.62. The van der Waals surface area contributed by atoms with Crippen molar-refractivity contribution < 1.29 is 14.7 Å². The molecule has 0 bridgehead atoms. The molecule has 0 unspecified atom stereocenters. The lowest BCUT2D eigenvalue weighted by molar-refractivity contribution is -0.120. The Labute approximate surface area is 210 Å². The Morgan fingerprint density at radius 1 is 1.22 bits per heavy atom. The lowest BCUT2D eigenvalue weighted by atomic mass is 9.79. The lowest BCUT2D eigenvalue weighted by Gasteiger charge is -2.46. The van der Waals surface area contributed by atoms with Crippen molar-refractivity contribution in [2.45, 2.75) is 44.6 Å². The number of likely N-dealkylation sites (tertiary alicyclic amines) is 1. The molecule has 3 N–H and O–H groups in total. The van der Waals surface area contributed by atoms with Crippen molar-refractivity contribution in [3.8, 4) is 6.07 Å². The summed E-state index contributed by atoms with van der Waals surface area (Å²) < 4.78 is 0. The first-order valence-corrected chi connectivity index (χ1v) is 12.5. The van der Waals surface area contributed by atoms with Crippen LogP contribution in [0.15, 0.2) is 24.3 Å². The van der Waals surface area contributed by atoms with E-state index in [1.165, 1.54) is 4.90 Å². The van der Waals surface area contributed by atoms with E-state index < -0.39 is 6.09 Å². The normalized spacial score (nSPS) is 18.7. The van der Waals surface area contributed by atoms with Crippen LogP contribution >= 0.6 is 0 Å². The third kappa shape index (κ3) is 4.65. The Kier molecular flexibility index (Phi) is 6.39. The molecule has 5 rings (SSSR count). The van der Waals surface area contributed by atoms with Gasteiger partial charge >= 0.3 is 6.09 Å². The number of hydrogen-bond acceptors (Lipinski definition) is 7. The molecular formula is C26H31N7O3. The van der Waals surface area contributed by atoms with Crippen LogP contribution in [0.25, 0.3) is 0 Å². The highest BCUT2D eigenvalue weighted by Gasteiger charge is 2.50. The van der Waals surface area contributed by atoms with Gasteiger partial charge in [-0.05, 0) is 49.8 Å². The summed E-state index contributed by atoms with van der Waals surface area (Å²) in [6, 6.07) is 9.13. The summed E-state index contributed by atoms with van der Waals surface area (Å²) in [6.07, 6.45) is 4.16. The summed E-state index contributed by atoms with van der Waals surface area (Å²) in [6.45, 7) is 2.63. The Morgan fingerprint density at radius 3 is 2.78 bits per heavy atom. The summed E-state index contributed by atoms with van der Waals surface area (Å²) >= 11 is 0. The Bertz CT molecular complexity index is 1220. The monoisotopic (exact) mass is 489 g/mol. The van der Waals surface area contributed by atoms with Gasteiger partial charge < -0.3 is 25.5 Å². The maximum absolute atomic E-state index is 12.4. The molecule has 2 aromatic rings. The van der Waals surface area contributed by atoms with E-state index in [1.807, 2.05) is 18.2 Å². The smallest absolute Gasteiger partial charge is 0.407 e. The van der Waals surface area contributed by atoms with Crippen LogP contribution in [-0.4, -0.2) is 65.2 Å². The molecular weight excluding hydrogens is 458 g/mol. The van der Waals surface area contributed by atoms with Gasteiger partial charge in [0.1, 0.15) is 5.82 Å². The molecule has 2 aliphatic heterocycles. The molecule has 2 amide bonds. The van der Waals surface area contributed by atoms with Crippen molar-refractivity contribution in [1.82, 2.24) is 20.2 Å². The highest BCUT2D eigenvalue weighted by atomic mass is 16.4. The van der Waals surface area contributed by atoms with Crippen molar-refractivity contribution in [1.29, 1.82) is 5.26 Å². The van der Waals surface area contributed by atoms with Gasteiger partial charge in [0.25, 0.3) is 0 Å². The maximum atomic E-state index is 12.4. The van der Waals surface area contributed by atoms with E-state index in [-0.39, 0.29) is 23.8 Å². The quantitative estimate of drug-likeness (QED) is 0.564. The van der Waals surface area contributed by atoms with Gasteiger partial charge in [-0.3, -0.25) is 4.79 Å². The van der Waals surface area contributed by atoms with Crippen LogP contribution < -0.4 is 15.5 Å². The molecule has 1 aromatic carbocycles. The summed E-state index contributed by atoms with van der Waals surface area (Å²) in [5.74, 6) is 1.30. The van der Waals surface area contributed by atoms with Crippen molar-refractivity contribution >= 4 is 23.8 Å². The van der Waals surface area contributed by atoms with Crippen LogP contribution in [0.4, 0.5) is 16.6 Å². The Balaban J connectivity index is 1.44. The minimum Gasteiger partial charge on any atom is -0.465 e. The molecule has 1 aromatic heterocycles. The van der Waals surface area contributed by atoms with Crippen molar-refractivity contribution in [2.75, 3.05) is 43.4 Å². The van der Waals surface area contributed by atoms with Gasteiger partial charge in [-0.25, -0.2) is 9.78 Å². The fraction of sp³-hybridized carbons (Fsp3) is 0.500. The second kappa shape index (κ2) is 9.64. The third-order valence-electron chi connectivity index (χ3n) is 7.61. The van der Waals surface area contributed by atoms with Gasteiger partial charge in [0.05, 0.1) is 29.8 Å². The summed E-state index contributed by atoms with van der Waals surface area (Å²) in [5.41, 5.74) is 3.51. The van der Waals surface area contributed by atoms with E-state index in [2.05, 4.69) is 21.6 Å². The molecule has 10 heteroatoms. The molecule has 3 aliphatic rings. The predicted molar refractivity (Wildman–Crippen MR) is 134 cm³/mol. The first-order chi connectivity index (χ1) is 17.4. The molecule has 1 atom stereocenters. The fourth-order valence-corrected chi connectivity index (χ4v) is 5.63. The number of nitrogens with zero attached hydrogens (tertiary/aromatic N) is 5. The molecule has 0 saturated carbocycles. The maximum Gasteiger partial charge on any atom is 0.407 e. The lowest BCUT2D eigenvalue weighted by Crippen LogP contribution is -2.59. The topological polar surface area (TPSA) is 134 Å². The zero-order chi connectivity index (χ0) is 25.3. The zero-order valence-corrected chi connectivity index (χ0v) is 20.5. The van der Waals surface area contributed by atoms with E-state index >= 15 is 0 Å².